The third-order valence-electron chi connectivity index (χ3n) is 2.83. The van der Waals surface area contributed by atoms with Crippen molar-refractivity contribution in [2.45, 2.75) is 33.9 Å². The molecular weight excluding hydrogens is 214 g/mol. The molecule has 2 aromatic rings. The van der Waals surface area contributed by atoms with E-state index in [1.54, 1.807) is 0 Å². The van der Waals surface area contributed by atoms with Gasteiger partial charge >= 0.3 is 0 Å². The van der Waals surface area contributed by atoms with Crippen LogP contribution in [0.3, 0.4) is 0 Å². The van der Waals surface area contributed by atoms with Gasteiger partial charge in [-0.3, -0.25) is 0 Å². The maximum absolute atomic E-state index is 4.68. The fraction of sp³-hybridized carbons (Fsp3) is 0.385. The van der Waals surface area contributed by atoms with Gasteiger partial charge in [-0.1, -0.05) is 22.9 Å². The predicted molar refractivity (Wildman–Crippen MR) is 65.5 cm³/mol. The third kappa shape index (κ3) is 2.91. The van der Waals surface area contributed by atoms with Crippen molar-refractivity contribution >= 4 is 0 Å². The molecular formula is C13H17N3O. The first-order valence-corrected chi connectivity index (χ1v) is 5.69. The number of hydrogen-bond acceptors (Lipinski definition) is 4. The lowest BCUT2D eigenvalue weighted by Crippen LogP contribution is -2.15. The van der Waals surface area contributed by atoms with E-state index in [0.717, 1.165) is 6.54 Å². The van der Waals surface area contributed by atoms with Crippen LogP contribution in [0.4, 0.5) is 0 Å². The Hall–Kier alpha value is -1.68. The van der Waals surface area contributed by atoms with E-state index in [1.165, 1.54) is 28.6 Å². The van der Waals surface area contributed by atoms with Gasteiger partial charge in [-0.25, -0.2) is 0 Å². The zero-order chi connectivity index (χ0) is 12.3. The lowest BCUT2D eigenvalue weighted by Gasteiger charge is -2.11. The molecule has 0 atom stereocenters. The fourth-order valence-electron chi connectivity index (χ4n) is 2.06. The second-order valence-corrected chi connectivity index (χ2v) is 4.33. The fourth-order valence-corrected chi connectivity index (χ4v) is 2.06. The molecule has 0 saturated heterocycles. The summed E-state index contributed by atoms with van der Waals surface area (Å²) in [6, 6.07) is 4.41. The summed E-state index contributed by atoms with van der Waals surface area (Å²) < 4.78 is 4.68. The Morgan fingerprint density at radius 3 is 2.41 bits per heavy atom. The van der Waals surface area contributed by atoms with Crippen molar-refractivity contribution in [3.8, 4) is 0 Å². The first-order chi connectivity index (χ1) is 8.16. The summed E-state index contributed by atoms with van der Waals surface area (Å²) in [6.45, 7) is 7.86. The monoisotopic (exact) mass is 231 g/mol. The minimum Gasteiger partial charge on any atom is -0.343 e. The highest BCUT2D eigenvalue weighted by molar-refractivity contribution is 5.37. The highest BCUT2D eigenvalue weighted by Gasteiger charge is 2.04. The van der Waals surface area contributed by atoms with Crippen LogP contribution in [0.2, 0.25) is 0 Å². The summed E-state index contributed by atoms with van der Waals surface area (Å²) in [7, 11) is 0. The van der Waals surface area contributed by atoms with Gasteiger partial charge in [-0.2, -0.15) is 4.98 Å². The molecule has 0 fully saturated rings. The molecule has 0 aliphatic heterocycles. The maximum atomic E-state index is 4.68. The van der Waals surface area contributed by atoms with Gasteiger partial charge in [0, 0.05) is 6.54 Å². The summed E-state index contributed by atoms with van der Waals surface area (Å²) in [5.74, 6) is 0.687. The first kappa shape index (κ1) is 11.8. The van der Waals surface area contributed by atoms with Crippen LogP contribution >= 0.6 is 0 Å². The lowest BCUT2D eigenvalue weighted by atomic mass is 10.00. The number of aryl methyl sites for hydroxylation is 3. The SMILES string of the molecule is Cc1cc(C)c(CNCc2ncon2)c(C)c1. The Morgan fingerprint density at radius 2 is 1.82 bits per heavy atom. The van der Waals surface area contributed by atoms with E-state index in [1.807, 2.05) is 0 Å². The summed E-state index contributed by atoms with van der Waals surface area (Å²) in [5.41, 5.74) is 5.30. The van der Waals surface area contributed by atoms with E-state index < -0.39 is 0 Å². The minimum absolute atomic E-state index is 0.628. The molecule has 0 saturated carbocycles. The maximum Gasteiger partial charge on any atom is 0.213 e. The Kier molecular flexibility index (Phi) is 3.54. The molecule has 0 aliphatic carbocycles. The Labute approximate surface area is 101 Å². The van der Waals surface area contributed by atoms with Crippen LogP contribution in [0, 0.1) is 20.8 Å². The molecule has 1 N–H and O–H groups in total. The topological polar surface area (TPSA) is 51.0 Å². The van der Waals surface area contributed by atoms with Gasteiger partial charge in [0.05, 0.1) is 6.54 Å². The van der Waals surface area contributed by atoms with Crippen LogP contribution in [0.15, 0.2) is 23.0 Å². The molecule has 1 heterocycles. The van der Waals surface area contributed by atoms with Crippen molar-refractivity contribution in [2.24, 2.45) is 0 Å². The summed E-state index contributed by atoms with van der Waals surface area (Å²) >= 11 is 0. The van der Waals surface area contributed by atoms with E-state index in [4.69, 9.17) is 0 Å². The Balaban J connectivity index is 1.99. The molecule has 1 aromatic carbocycles. The molecule has 2 rings (SSSR count). The molecule has 4 heteroatoms. The Morgan fingerprint density at radius 1 is 1.12 bits per heavy atom. The number of benzene rings is 1. The van der Waals surface area contributed by atoms with Crippen molar-refractivity contribution in [3.63, 3.8) is 0 Å². The van der Waals surface area contributed by atoms with Gasteiger partial charge in [0.25, 0.3) is 0 Å². The number of hydrogen-bond donors (Lipinski definition) is 1. The van der Waals surface area contributed by atoms with Crippen LogP contribution in [0.5, 0.6) is 0 Å². The lowest BCUT2D eigenvalue weighted by molar-refractivity contribution is 0.407. The van der Waals surface area contributed by atoms with Crippen LogP contribution in [-0.2, 0) is 13.1 Å². The van der Waals surface area contributed by atoms with Gasteiger partial charge in [-0.05, 0) is 37.5 Å². The standard InChI is InChI=1S/C13H17N3O/c1-9-4-10(2)12(11(3)5-9)6-14-7-13-15-8-17-16-13/h4-5,8,14H,6-7H2,1-3H3. The first-order valence-electron chi connectivity index (χ1n) is 5.69. The number of aromatic nitrogens is 2. The number of rotatable bonds is 4. The van der Waals surface area contributed by atoms with Gasteiger partial charge < -0.3 is 9.84 Å². The normalized spacial score (nSPS) is 10.8. The molecule has 4 nitrogen and oxygen atoms in total. The molecule has 0 bridgehead atoms. The van der Waals surface area contributed by atoms with Crippen LogP contribution in [0.25, 0.3) is 0 Å². The zero-order valence-corrected chi connectivity index (χ0v) is 10.4. The van der Waals surface area contributed by atoms with Crippen LogP contribution in [-0.4, -0.2) is 10.1 Å². The molecule has 0 amide bonds. The average Bonchev–Trinajstić information content (AvgIpc) is 2.74. The zero-order valence-electron chi connectivity index (χ0n) is 10.4. The van der Waals surface area contributed by atoms with Crippen LogP contribution < -0.4 is 5.32 Å². The number of nitrogens with one attached hydrogen (secondary N) is 1. The summed E-state index contributed by atoms with van der Waals surface area (Å²) in [5, 5.41) is 7.08. The third-order valence-corrected chi connectivity index (χ3v) is 2.83. The van der Waals surface area contributed by atoms with E-state index in [9.17, 15) is 0 Å². The second kappa shape index (κ2) is 5.10. The molecule has 0 unspecified atom stereocenters. The smallest absolute Gasteiger partial charge is 0.213 e. The van der Waals surface area contributed by atoms with E-state index in [-0.39, 0.29) is 0 Å². The molecule has 0 aliphatic rings. The van der Waals surface area contributed by atoms with E-state index in [0.29, 0.717) is 12.4 Å². The molecule has 0 spiro atoms. The second-order valence-electron chi connectivity index (χ2n) is 4.33. The van der Waals surface area contributed by atoms with Gasteiger partial charge in [0.15, 0.2) is 5.82 Å². The van der Waals surface area contributed by atoms with Gasteiger partial charge in [0.2, 0.25) is 6.39 Å². The largest absolute Gasteiger partial charge is 0.343 e. The van der Waals surface area contributed by atoms with Gasteiger partial charge in [0.1, 0.15) is 0 Å². The highest BCUT2D eigenvalue weighted by Crippen LogP contribution is 2.16. The quantitative estimate of drug-likeness (QED) is 0.877. The highest BCUT2D eigenvalue weighted by atomic mass is 16.5. The predicted octanol–water partition coefficient (Wildman–Crippen LogP) is 2.28. The Bertz CT molecular complexity index is 468. The van der Waals surface area contributed by atoms with Crippen LogP contribution in [0.1, 0.15) is 28.1 Å². The van der Waals surface area contributed by atoms with Crippen molar-refractivity contribution in [2.75, 3.05) is 0 Å². The summed E-state index contributed by atoms with van der Waals surface area (Å²) in [4.78, 5) is 3.97. The molecule has 1 aromatic heterocycles. The molecule has 90 valence electrons. The molecule has 17 heavy (non-hydrogen) atoms. The molecule has 0 radical (unpaired) electrons. The van der Waals surface area contributed by atoms with Gasteiger partial charge in [-0.15, -0.1) is 0 Å². The van der Waals surface area contributed by atoms with Crippen molar-refractivity contribution in [1.29, 1.82) is 0 Å². The number of nitrogens with zero attached hydrogens (tertiary/aromatic N) is 2. The van der Waals surface area contributed by atoms with Crippen molar-refractivity contribution < 1.29 is 4.52 Å². The minimum atomic E-state index is 0.628. The summed E-state index contributed by atoms with van der Waals surface area (Å²) in [6.07, 6.45) is 1.35. The van der Waals surface area contributed by atoms with Crippen molar-refractivity contribution in [3.05, 3.63) is 46.6 Å². The average molecular weight is 231 g/mol. The van der Waals surface area contributed by atoms with Crippen molar-refractivity contribution in [1.82, 2.24) is 15.5 Å². The van der Waals surface area contributed by atoms with E-state index in [2.05, 4.69) is 52.9 Å². The van der Waals surface area contributed by atoms with E-state index >= 15 is 0 Å².